The first-order valence-corrected chi connectivity index (χ1v) is 13.1. The number of thiocarbonyl (C=S) groups is 1. The summed E-state index contributed by atoms with van der Waals surface area (Å²) < 4.78 is 73.0. The van der Waals surface area contributed by atoms with Gasteiger partial charge in [-0.05, 0) is 30.7 Å². The van der Waals surface area contributed by atoms with Gasteiger partial charge in [0.25, 0.3) is 0 Å². The van der Waals surface area contributed by atoms with Crippen LogP contribution in [0.5, 0.6) is 0 Å². The van der Waals surface area contributed by atoms with Crippen LogP contribution in [-0.4, -0.2) is 80.3 Å². The first-order valence-electron chi connectivity index (χ1n) is 11.3. The summed E-state index contributed by atoms with van der Waals surface area (Å²) in [5.74, 6) is 0. The number of alkyl halides is 3. The number of piperazine rings is 1. The van der Waals surface area contributed by atoms with Crippen LogP contribution in [0.15, 0.2) is 47.4 Å². The van der Waals surface area contributed by atoms with E-state index in [1.165, 1.54) is 34.6 Å². The molecule has 1 aliphatic carbocycles. The number of nitrogens with one attached hydrogen (secondary N) is 1. The molecule has 1 unspecified atom stereocenters. The minimum Gasteiger partial charge on any atom is -0.378 e. The molecule has 7 nitrogen and oxygen atoms in total. The Morgan fingerprint density at radius 1 is 1.20 bits per heavy atom. The Bertz CT molecular complexity index is 1110. The largest absolute Gasteiger partial charge is 0.421 e. The fourth-order valence-electron chi connectivity index (χ4n) is 4.25. The van der Waals surface area contributed by atoms with Crippen LogP contribution < -0.4 is 10.2 Å². The van der Waals surface area contributed by atoms with Crippen molar-refractivity contribution < 1.29 is 31.4 Å². The van der Waals surface area contributed by atoms with Gasteiger partial charge in [-0.15, -0.1) is 0 Å². The molecule has 0 bridgehead atoms. The highest BCUT2D eigenvalue weighted by Gasteiger charge is 2.51. The van der Waals surface area contributed by atoms with E-state index in [2.05, 4.69) is 5.32 Å². The molecule has 12 heteroatoms. The predicted octanol–water partition coefficient (Wildman–Crippen LogP) is 2.48. The molecular formula is C23H28F3N3O4S2. The van der Waals surface area contributed by atoms with E-state index in [1.807, 2.05) is 11.0 Å². The number of hydrogen-bond donors (Lipinski definition) is 2. The van der Waals surface area contributed by atoms with Crippen LogP contribution in [0.25, 0.3) is 0 Å². The lowest BCUT2D eigenvalue weighted by Gasteiger charge is -2.43. The van der Waals surface area contributed by atoms with Gasteiger partial charge in [0.15, 0.2) is 5.60 Å². The van der Waals surface area contributed by atoms with E-state index in [0.717, 1.165) is 6.92 Å². The molecule has 1 aromatic carbocycles. The number of ether oxygens (including phenoxy) is 1. The van der Waals surface area contributed by atoms with Gasteiger partial charge in [-0.25, -0.2) is 8.42 Å². The van der Waals surface area contributed by atoms with Crippen molar-refractivity contribution in [1.29, 1.82) is 0 Å². The Balaban J connectivity index is 1.56. The predicted molar refractivity (Wildman–Crippen MR) is 131 cm³/mol. The maximum Gasteiger partial charge on any atom is 0.421 e. The molecule has 0 radical (unpaired) electrons. The van der Waals surface area contributed by atoms with Gasteiger partial charge in [-0.2, -0.15) is 17.5 Å². The summed E-state index contributed by atoms with van der Waals surface area (Å²) in [5, 5.41) is 13.3. The standard InChI is InChI=1S/C23H28F3N3O4S2/c1-22(30,23(24,25)26)16-6-8-18(9-7-16)29-11-10-28(13-19(29)12-27-17-14-33-15-17)35(31,32)21-5-3-2-4-20(21)34/h2-3,5-9,17,19,27,30H,4,10-15H2,1H3/t19-,22?/m0/s1. The SMILES string of the molecule is CC(O)(c1ccc(N2CCN(S(=O)(=O)C3=CC=CCC3=S)C[C@@H]2CNC2COC2)cc1)C(F)(F)F. The Hall–Kier alpha value is -1.83. The van der Waals surface area contributed by atoms with Crippen LogP contribution in [0.2, 0.25) is 0 Å². The van der Waals surface area contributed by atoms with Crippen molar-refractivity contribution in [2.45, 2.75) is 37.2 Å². The molecule has 2 heterocycles. The zero-order valence-electron chi connectivity index (χ0n) is 19.2. The highest BCUT2D eigenvalue weighted by molar-refractivity contribution is 7.96. The van der Waals surface area contributed by atoms with E-state index >= 15 is 0 Å². The van der Waals surface area contributed by atoms with Gasteiger partial charge >= 0.3 is 6.18 Å². The number of halogens is 3. The lowest BCUT2D eigenvalue weighted by Crippen LogP contribution is -2.60. The third kappa shape index (κ3) is 5.32. The van der Waals surface area contributed by atoms with Gasteiger partial charge in [0, 0.05) is 43.2 Å². The molecule has 4 rings (SSSR count). The van der Waals surface area contributed by atoms with Crippen LogP contribution in [0.4, 0.5) is 18.9 Å². The second-order valence-corrected chi connectivity index (χ2v) is 11.5. The topological polar surface area (TPSA) is 82.1 Å². The highest BCUT2D eigenvalue weighted by atomic mass is 32.2. The van der Waals surface area contributed by atoms with Crippen LogP contribution in [0.3, 0.4) is 0 Å². The number of aliphatic hydroxyl groups is 1. The van der Waals surface area contributed by atoms with E-state index in [1.54, 1.807) is 6.08 Å². The van der Waals surface area contributed by atoms with Crippen molar-refractivity contribution >= 4 is 32.8 Å². The monoisotopic (exact) mass is 531 g/mol. The molecule has 2 fully saturated rings. The zero-order chi connectivity index (χ0) is 25.4. The summed E-state index contributed by atoms with van der Waals surface area (Å²) in [6.07, 6.45) is 0.618. The molecule has 2 saturated heterocycles. The molecule has 192 valence electrons. The number of nitrogens with zero attached hydrogens (tertiary/aromatic N) is 2. The maximum atomic E-state index is 13.3. The van der Waals surface area contributed by atoms with E-state index in [0.29, 0.717) is 43.3 Å². The minimum atomic E-state index is -4.81. The van der Waals surface area contributed by atoms with Crippen molar-refractivity contribution in [2.75, 3.05) is 44.3 Å². The van der Waals surface area contributed by atoms with E-state index in [9.17, 15) is 26.7 Å². The molecule has 0 amide bonds. The van der Waals surface area contributed by atoms with Crippen molar-refractivity contribution in [2.24, 2.45) is 0 Å². The molecule has 2 N–H and O–H groups in total. The third-order valence-electron chi connectivity index (χ3n) is 6.62. The Morgan fingerprint density at radius 3 is 2.46 bits per heavy atom. The number of anilines is 1. The first-order chi connectivity index (χ1) is 16.4. The summed E-state index contributed by atoms with van der Waals surface area (Å²) in [7, 11) is -3.78. The van der Waals surface area contributed by atoms with Crippen LogP contribution in [0, 0.1) is 0 Å². The summed E-state index contributed by atoms with van der Waals surface area (Å²) in [6, 6.07) is 5.47. The smallest absolute Gasteiger partial charge is 0.378 e. The normalized spacial score (nSPS) is 24.1. The number of sulfonamides is 1. The van der Waals surface area contributed by atoms with Gasteiger partial charge in [0.05, 0.1) is 30.2 Å². The quantitative estimate of drug-likeness (QED) is 0.524. The first kappa shape index (κ1) is 26.2. The van der Waals surface area contributed by atoms with Gasteiger partial charge in [0.2, 0.25) is 10.0 Å². The molecule has 2 atom stereocenters. The third-order valence-corrected chi connectivity index (χ3v) is 9.08. The number of benzene rings is 1. The van der Waals surface area contributed by atoms with Crippen LogP contribution >= 0.6 is 12.2 Å². The number of hydrogen-bond acceptors (Lipinski definition) is 7. The lowest BCUT2D eigenvalue weighted by molar-refractivity contribution is -0.258. The molecule has 35 heavy (non-hydrogen) atoms. The fraction of sp³-hybridized carbons (Fsp3) is 0.522. The number of allylic oxidation sites excluding steroid dienone is 4. The van der Waals surface area contributed by atoms with Crippen molar-refractivity contribution in [3.05, 3.63) is 53.0 Å². The second-order valence-electron chi connectivity index (χ2n) is 9.06. The van der Waals surface area contributed by atoms with Crippen LogP contribution in [-0.2, 0) is 20.4 Å². The Labute approximate surface area is 208 Å². The van der Waals surface area contributed by atoms with Gasteiger partial charge in [-0.1, -0.05) is 36.5 Å². The molecule has 2 aliphatic heterocycles. The molecular weight excluding hydrogens is 503 g/mol. The summed E-state index contributed by atoms with van der Waals surface area (Å²) in [4.78, 5) is 2.50. The average molecular weight is 532 g/mol. The highest BCUT2D eigenvalue weighted by Crippen LogP contribution is 2.39. The van der Waals surface area contributed by atoms with Gasteiger partial charge in [-0.3, -0.25) is 0 Å². The zero-order valence-corrected chi connectivity index (χ0v) is 20.8. The van der Waals surface area contributed by atoms with E-state index in [4.69, 9.17) is 17.0 Å². The van der Waals surface area contributed by atoms with Gasteiger partial charge < -0.3 is 20.1 Å². The molecule has 0 spiro atoms. The summed E-state index contributed by atoms with van der Waals surface area (Å²) >= 11 is 5.29. The van der Waals surface area contributed by atoms with Crippen molar-refractivity contribution in [1.82, 2.24) is 9.62 Å². The molecule has 0 saturated carbocycles. The summed E-state index contributed by atoms with van der Waals surface area (Å²) in [5.41, 5.74) is -2.58. The molecule has 3 aliphatic rings. The van der Waals surface area contributed by atoms with Crippen molar-refractivity contribution in [3.8, 4) is 0 Å². The maximum absolute atomic E-state index is 13.3. The van der Waals surface area contributed by atoms with Gasteiger partial charge in [0.1, 0.15) is 0 Å². The Kier molecular flexibility index (Phi) is 7.43. The second kappa shape index (κ2) is 9.91. The number of rotatable bonds is 7. The Morgan fingerprint density at radius 2 is 1.89 bits per heavy atom. The average Bonchev–Trinajstić information content (AvgIpc) is 2.77. The van der Waals surface area contributed by atoms with Crippen molar-refractivity contribution in [3.63, 3.8) is 0 Å². The minimum absolute atomic E-state index is 0.140. The summed E-state index contributed by atoms with van der Waals surface area (Å²) in [6.45, 7) is 3.07. The van der Waals surface area contributed by atoms with E-state index < -0.39 is 21.8 Å². The molecule has 0 aromatic heterocycles. The molecule has 1 aromatic rings. The van der Waals surface area contributed by atoms with E-state index in [-0.39, 0.29) is 35.6 Å². The fourth-order valence-corrected chi connectivity index (χ4v) is 6.32. The van der Waals surface area contributed by atoms with Crippen LogP contribution in [0.1, 0.15) is 18.9 Å². The lowest BCUT2D eigenvalue weighted by atomic mass is 9.95.